The fourth-order valence-electron chi connectivity index (χ4n) is 3.06. The maximum Gasteiger partial charge on any atom is 0.285 e. The number of ether oxygens (including phenoxy) is 1. The van der Waals surface area contributed by atoms with Crippen molar-refractivity contribution in [2.75, 3.05) is 30.4 Å². The molecule has 2 aliphatic rings. The Labute approximate surface area is 185 Å². The highest BCUT2D eigenvalue weighted by atomic mass is 32.2. The summed E-state index contributed by atoms with van der Waals surface area (Å²) in [6, 6.07) is 9.68. The first kappa shape index (κ1) is 21.2. The van der Waals surface area contributed by atoms with Crippen LogP contribution in [0.1, 0.15) is 19.0 Å². The maximum absolute atomic E-state index is 11.9. The minimum atomic E-state index is -0.149. The number of carbonyl (C=O) groups is 1. The molecule has 9 nitrogen and oxygen atoms in total. The van der Waals surface area contributed by atoms with E-state index in [1.54, 1.807) is 18.1 Å². The van der Waals surface area contributed by atoms with E-state index in [1.165, 1.54) is 0 Å². The van der Waals surface area contributed by atoms with Gasteiger partial charge in [-0.1, -0.05) is 6.92 Å². The van der Waals surface area contributed by atoms with E-state index < -0.39 is 0 Å². The van der Waals surface area contributed by atoms with E-state index in [-0.39, 0.29) is 12.5 Å². The van der Waals surface area contributed by atoms with Crippen molar-refractivity contribution in [3.05, 3.63) is 60.4 Å². The van der Waals surface area contributed by atoms with Crippen LogP contribution in [0.3, 0.4) is 0 Å². The van der Waals surface area contributed by atoms with Gasteiger partial charge in [0, 0.05) is 29.0 Å². The minimum Gasteiger partial charge on any atom is -0.372 e. The van der Waals surface area contributed by atoms with Crippen molar-refractivity contribution in [2.24, 2.45) is 4.99 Å². The molecule has 1 aromatic heterocycles. The van der Waals surface area contributed by atoms with Crippen molar-refractivity contribution in [1.82, 2.24) is 19.4 Å². The van der Waals surface area contributed by atoms with Crippen LogP contribution >= 0.6 is 11.9 Å². The molecule has 0 bridgehead atoms. The first-order chi connectivity index (χ1) is 15.1. The highest BCUT2D eigenvalue weighted by Gasteiger charge is 2.37. The molecule has 2 aliphatic heterocycles. The van der Waals surface area contributed by atoms with E-state index in [9.17, 15) is 4.79 Å². The van der Waals surface area contributed by atoms with Crippen LogP contribution in [0.15, 0.2) is 64.6 Å². The van der Waals surface area contributed by atoms with Gasteiger partial charge in [-0.3, -0.25) is 19.5 Å². The molecule has 4 rings (SSSR count). The lowest BCUT2D eigenvalue weighted by atomic mass is 10.3. The summed E-state index contributed by atoms with van der Waals surface area (Å²) in [5, 5.41) is 13.4. The fraction of sp³-hybridized carbons (Fsp3) is 0.286. The number of rotatable bonds is 9. The number of amides is 1. The molecule has 3 heterocycles. The van der Waals surface area contributed by atoms with Crippen LogP contribution in [0.4, 0.5) is 11.5 Å². The number of fused-ring (bicyclic) bond motifs is 1. The molecule has 0 spiro atoms. The van der Waals surface area contributed by atoms with Gasteiger partial charge >= 0.3 is 0 Å². The lowest BCUT2D eigenvalue weighted by molar-refractivity contribution is -0.120. The zero-order valence-electron chi connectivity index (χ0n) is 17.5. The zero-order valence-corrected chi connectivity index (χ0v) is 18.3. The largest absolute Gasteiger partial charge is 0.372 e. The summed E-state index contributed by atoms with van der Waals surface area (Å²) in [5.41, 5.74) is 1.73. The standard InChI is InChI=1S/C21H25N7O2S/c1-3-10-30-14-21(29)23-16-4-6-17(7-5-16)31-27-12-19-22-8-9-28(19)20(13-27)24-18-11-15(2)25-26-18/h4-9,11,13H,3,10,12,14H2,1-2H3,(H,23,29)(H2,24,25,26)/q+1. The van der Waals surface area contributed by atoms with Crippen LogP contribution in [0.2, 0.25) is 0 Å². The highest BCUT2D eigenvalue weighted by molar-refractivity contribution is 7.97. The number of aromatic amines is 1. The predicted molar refractivity (Wildman–Crippen MR) is 122 cm³/mol. The first-order valence-electron chi connectivity index (χ1n) is 10.1. The minimum absolute atomic E-state index is 0.0703. The second-order valence-corrected chi connectivity index (χ2v) is 8.20. The maximum atomic E-state index is 11.9. The lowest BCUT2D eigenvalue weighted by Gasteiger charge is -2.24. The third-order valence-corrected chi connectivity index (χ3v) is 5.40. The Bertz CT molecular complexity index is 1010. The number of amidine groups is 1. The molecule has 1 amide bonds. The SMILES string of the molecule is CCCOCC(=O)Nc1ccc(SN2C=C(Nc3cc(C)[nH]n3)[N+]3C=CN=C3C2)cc1. The zero-order chi connectivity index (χ0) is 21.6. The Morgan fingerprint density at radius 3 is 2.94 bits per heavy atom. The molecule has 1 aromatic carbocycles. The van der Waals surface area contributed by atoms with Gasteiger partial charge in [-0.15, -0.1) is 0 Å². The molecule has 2 aromatic rings. The third kappa shape index (κ3) is 5.54. The Morgan fingerprint density at radius 1 is 1.35 bits per heavy atom. The summed E-state index contributed by atoms with van der Waals surface area (Å²) in [6.07, 6.45) is 6.64. The van der Waals surface area contributed by atoms with Crippen molar-refractivity contribution in [3.63, 3.8) is 0 Å². The van der Waals surface area contributed by atoms with Crippen molar-refractivity contribution >= 4 is 35.2 Å². The summed E-state index contributed by atoms with van der Waals surface area (Å²) in [6.45, 7) is 5.29. The molecule has 0 unspecified atom stereocenters. The van der Waals surface area contributed by atoms with Crippen molar-refractivity contribution in [1.29, 1.82) is 0 Å². The van der Waals surface area contributed by atoms with Gasteiger partial charge in [0.15, 0.2) is 12.0 Å². The number of hydrogen-bond acceptors (Lipinski definition) is 8. The molecular formula is C21H25N7O2S+. The van der Waals surface area contributed by atoms with Gasteiger partial charge in [0.25, 0.3) is 11.7 Å². The summed E-state index contributed by atoms with van der Waals surface area (Å²) in [7, 11) is 0. The van der Waals surface area contributed by atoms with Gasteiger partial charge in [-0.2, -0.15) is 10.1 Å². The molecule has 0 aliphatic carbocycles. The second-order valence-electron chi connectivity index (χ2n) is 7.08. The second kappa shape index (κ2) is 9.82. The summed E-state index contributed by atoms with van der Waals surface area (Å²) in [5.74, 6) is 2.40. The lowest BCUT2D eigenvalue weighted by Crippen LogP contribution is -2.42. The molecule has 0 atom stereocenters. The normalized spacial score (nSPS) is 15.5. The third-order valence-electron chi connectivity index (χ3n) is 4.44. The van der Waals surface area contributed by atoms with Crippen LogP contribution in [-0.4, -0.2) is 46.0 Å². The molecule has 10 heteroatoms. The first-order valence-corrected chi connectivity index (χ1v) is 10.8. The van der Waals surface area contributed by atoms with Gasteiger partial charge < -0.3 is 10.1 Å². The smallest absolute Gasteiger partial charge is 0.285 e. The molecule has 0 fully saturated rings. The van der Waals surface area contributed by atoms with Crippen molar-refractivity contribution in [3.8, 4) is 0 Å². The average Bonchev–Trinajstić information content (AvgIpc) is 3.38. The van der Waals surface area contributed by atoms with E-state index in [1.807, 2.05) is 61.5 Å². The number of anilines is 2. The van der Waals surface area contributed by atoms with Crippen LogP contribution in [-0.2, 0) is 9.53 Å². The van der Waals surface area contributed by atoms with E-state index in [0.29, 0.717) is 13.2 Å². The monoisotopic (exact) mass is 439 g/mol. The molecule has 0 saturated heterocycles. The summed E-state index contributed by atoms with van der Waals surface area (Å²) >= 11 is 1.59. The van der Waals surface area contributed by atoms with Gasteiger partial charge in [0.1, 0.15) is 13.2 Å². The Balaban J connectivity index is 1.39. The number of carbonyl (C=O) groups excluding carboxylic acids is 1. The Kier molecular flexibility index (Phi) is 6.70. The topological polar surface area (TPSA) is 101 Å². The molecule has 31 heavy (non-hydrogen) atoms. The number of aromatic nitrogens is 2. The quantitative estimate of drug-likeness (QED) is 0.315. The predicted octanol–water partition coefficient (Wildman–Crippen LogP) is 3.34. The Morgan fingerprint density at radius 2 is 2.19 bits per heavy atom. The molecule has 3 N–H and O–H groups in total. The average molecular weight is 440 g/mol. The molecule has 0 saturated carbocycles. The molecular weight excluding hydrogens is 414 g/mol. The van der Waals surface area contributed by atoms with Crippen LogP contribution < -0.4 is 15.5 Å². The molecule has 1 radical (unpaired) electrons. The number of aryl methyl sites for hydroxylation is 1. The van der Waals surface area contributed by atoms with E-state index in [2.05, 4.69) is 30.1 Å². The van der Waals surface area contributed by atoms with Crippen molar-refractivity contribution < 1.29 is 9.53 Å². The van der Waals surface area contributed by atoms with Gasteiger partial charge in [-0.05, 0) is 54.5 Å². The van der Waals surface area contributed by atoms with Crippen LogP contribution in [0.5, 0.6) is 0 Å². The number of benzene rings is 1. The van der Waals surface area contributed by atoms with Crippen LogP contribution in [0.25, 0.3) is 0 Å². The Hall–Kier alpha value is -3.08. The number of H-pyrrole nitrogens is 1. The fourth-order valence-corrected chi connectivity index (χ4v) is 3.92. The number of aliphatic imine (C=N–C) groups is 1. The van der Waals surface area contributed by atoms with Crippen molar-refractivity contribution in [2.45, 2.75) is 25.2 Å². The number of hydrogen-bond donors (Lipinski definition) is 3. The number of nitrogens with zero attached hydrogens (tertiary/aromatic N) is 4. The van der Waals surface area contributed by atoms with E-state index >= 15 is 0 Å². The highest BCUT2D eigenvalue weighted by Crippen LogP contribution is 2.29. The van der Waals surface area contributed by atoms with Gasteiger partial charge in [0.2, 0.25) is 5.91 Å². The van der Waals surface area contributed by atoms with Gasteiger partial charge in [0.05, 0.1) is 12.4 Å². The van der Waals surface area contributed by atoms with Crippen LogP contribution in [0, 0.1) is 6.92 Å². The van der Waals surface area contributed by atoms with Gasteiger partial charge in [-0.25, -0.2) is 0 Å². The van der Waals surface area contributed by atoms with E-state index in [4.69, 9.17) is 4.74 Å². The molecule has 161 valence electrons. The van der Waals surface area contributed by atoms with E-state index in [0.717, 1.165) is 40.2 Å². The summed E-state index contributed by atoms with van der Waals surface area (Å²) in [4.78, 5) is 19.4. The summed E-state index contributed by atoms with van der Waals surface area (Å²) < 4.78 is 7.37. The number of nitrogens with one attached hydrogen (secondary N) is 3.